The molecule has 1 aliphatic rings. The van der Waals surface area contributed by atoms with Gasteiger partial charge in [-0.15, -0.1) is 0 Å². The van der Waals surface area contributed by atoms with Crippen molar-refractivity contribution < 1.29 is 4.79 Å². The molecule has 1 fully saturated rings. The van der Waals surface area contributed by atoms with Gasteiger partial charge in [0.1, 0.15) is 0 Å². The van der Waals surface area contributed by atoms with Crippen LogP contribution in [-0.2, 0) is 18.3 Å². The molecular formula is C13H22N4O. The maximum absolute atomic E-state index is 12.1. The van der Waals surface area contributed by atoms with E-state index in [0.29, 0.717) is 6.54 Å². The van der Waals surface area contributed by atoms with Gasteiger partial charge in [0.2, 0.25) is 5.91 Å². The molecule has 1 aromatic rings. The summed E-state index contributed by atoms with van der Waals surface area (Å²) in [5, 5.41) is 10.4. The van der Waals surface area contributed by atoms with Crippen molar-refractivity contribution in [3.05, 3.63) is 18.0 Å². The molecule has 0 aliphatic carbocycles. The fourth-order valence-corrected chi connectivity index (χ4v) is 2.38. The lowest BCUT2D eigenvalue weighted by Gasteiger charge is -2.32. The Bertz CT molecular complexity index is 407. The van der Waals surface area contributed by atoms with Crippen molar-refractivity contribution in [3.63, 3.8) is 0 Å². The molecule has 2 N–H and O–H groups in total. The number of carbonyl (C=O) groups excluding carboxylic acids is 1. The molecule has 2 heterocycles. The van der Waals surface area contributed by atoms with Gasteiger partial charge in [0, 0.05) is 26.3 Å². The predicted octanol–water partition coefficient (Wildman–Crippen LogP) is 0.469. The molecular weight excluding hydrogens is 228 g/mol. The normalized spacial score (nSPS) is 23.9. The number of rotatable bonds is 4. The zero-order valence-electron chi connectivity index (χ0n) is 11.2. The first-order chi connectivity index (χ1) is 8.60. The average molecular weight is 250 g/mol. The molecule has 5 nitrogen and oxygen atoms in total. The maximum atomic E-state index is 12.1. The minimum Gasteiger partial charge on any atom is -0.355 e. The van der Waals surface area contributed by atoms with E-state index in [1.54, 1.807) is 4.68 Å². The Morgan fingerprint density at radius 3 is 3.11 bits per heavy atom. The lowest BCUT2D eigenvalue weighted by Crippen LogP contribution is -2.49. The molecule has 1 atom stereocenters. The quantitative estimate of drug-likeness (QED) is 0.816. The molecule has 0 bridgehead atoms. The minimum atomic E-state index is -0.243. The van der Waals surface area contributed by atoms with Crippen molar-refractivity contribution in [1.82, 2.24) is 20.4 Å². The van der Waals surface area contributed by atoms with Crippen LogP contribution < -0.4 is 10.6 Å². The van der Waals surface area contributed by atoms with Crippen molar-refractivity contribution in [3.8, 4) is 0 Å². The molecule has 0 spiro atoms. The van der Waals surface area contributed by atoms with Crippen LogP contribution in [0.2, 0.25) is 0 Å². The van der Waals surface area contributed by atoms with Crippen LogP contribution in [0.5, 0.6) is 0 Å². The number of nitrogens with zero attached hydrogens (tertiary/aromatic N) is 2. The number of carbonyl (C=O) groups is 1. The van der Waals surface area contributed by atoms with Gasteiger partial charge in [-0.1, -0.05) is 0 Å². The second kappa shape index (κ2) is 5.52. The summed E-state index contributed by atoms with van der Waals surface area (Å²) in [6, 6.07) is 0. The van der Waals surface area contributed by atoms with Crippen molar-refractivity contribution in [2.45, 2.75) is 26.2 Å². The van der Waals surface area contributed by atoms with E-state index in [1.807, 2.05) is 26.4 Å². The number of hydrogen-bond donors (Lipinski definition) is 2. The molecule has 0 radical (unpaired) electrons. The number of amides is 1. The lowest BCUT2D eigenvalue weighted by atomic mass is 9.82. The SMILES string of the molecule is Cn1cc(CCNC(=O)C2(C)CCCNC2)cn1. The molecule has 1 aliphatic heterocycles. The van der Waals surface area contributed by atoms with Crippen LogP contribution in [0.4, 0.5) is 0 Å². The summed E-state index contributed by atoms with van der Waals surface area (Å²) in [5.74, 6) is 0.165. The number of hydrogen-bond acceptors (Lipinski definition) is 3. The fourth-order valence-electron chi connectivity index (χ4n) is 2.38. The highest BCUT2D eigenvalue weighted by molar-refractivity contribution is 5.82. The zero-order chi connectivity index (χ0) is 13.0. The number of nitrogens with one attached hydrogen (secondary N) is 2. The van der Waals surface area contributed by atoms with Crippen LogP contribution in [0.25, 0.3) is 0 Å². The highest BCUT2D eigenvalue weighted by atomic mass is 16.2. The second-order valence-corrected chi connectivity index (χ2v) is 5.37. The molecule has 0 saturated carbocycles. The van der Waals surface area contributed by atoms with Gasteiger partial charge in [0.05, 0.1) is 11.6 Å². The van der Waals surface area contributed by atoms with Crippen LogP contribution >= 0.6 is 0 Å². The van der Waals surface area contributed by atoms with E-state index in [9.17, 15) is 4.79 Å². The Morgan fingerprint density at radius 1 is 1.67 bits per heavy atom. The van der Waals surface area contributed by atoms with Gasteiger partial charge in [-0.25, -0.2) is 0 Å². The molecule has 100 valence electrons. The van der Waals surface area contributed by atoms with Gasteiger partial charge < -0.3 is 10.6 Å². The van der Waals surface area contributed by atoms with E-state index in [-0.39, 0.29) is 11.3 Å². The summed E-state index contributed by atoms with van der Waals surface area (Å²) in [6.07, 6.45) is 6.71. The van der Waals surface area contributed by atoms with Gasteiger partial charge in [0.25, 0.3) is 0 Å². The third-order valence-electron chi connectivity index (χ3n) is 3.60. The Balaban J connectivity index is 1.77. The Morgan fingerprint density at radius 2 is 2.50 bits per heavy atom. The Hall–Kier alpha value is -1.36. The van der Waals surface area contributed by atoms with Gasteiger partial charge in [-0.05, 0) is 38.3 Å². The molecule has 2 rings (SSSR count). The van der Waals surface area contributed by atoms with E-state index < -0.39 is 0 Å². The molecule has 1 amide bonds. The Labute approximate surface area is 108 Å². The summed E-state index contributed by atoms with van der Waals surface area (Å²) in [4.78, 5) is 12.1. The largest absolute Gasteiger partial charge is 0.355 e. The number of aromatic nitrogens is 2. The summed E-state index contributed by atoms with van der Waals surface area (Å²) in [5.41, 5.74) is 0.914. The monoisotopic (exact) mass is 250 g/mol. The fraction of sp³-hybridized carbons (Fsp3) is 0.692. The molecule has 1 unspecified atom stereocenters. The summed E-state index contributed by atoms with van der Waals surface area (Å²) < 4.78 is 1.78. The van der Waals surface area contributed by atoms with Gasteiger partial charge in [-0.3, -0.25) is 9.48 Å². The smallest absolute Gasteiger partial charge is 0.227 e. The first kappa shape index (κ1) is 13.1. The average Bonchev–Trinajstić information content (AvgIpc) is 2.76. The number of aryl methyl sites for hydroxylation is 1. The van der Waals surface area contributed by atoms with Crippen LogP contribution in [0.3, 0.4) is 0 Å². The maximum Gasteiger partial charge on any atom is 0.227 e. The summed E-state index contributed by atoms with van der Waals surface area (Å²) in [7, 11) is 1.90. The first-order valence-electron chi connectivity index (χ1n) is 6.57. The van der Waals surface area contributed by atoms with Crippen LogP contribution in [0.15, 0.2) is 12.4 Å². The summed E-state index contributed by atoms with van der Waals surface area (Å²) >= 11 is 0. The van der Waals surface area contributed by atoms with Gasteiger partial charge in [-0.2, -0.15) is 5.10 Å². The lowest BCUT2D eigenvalue weighted by molar-refractivity contribution is -0.131. The van der Waals surface area contributed by atoms with Crippen LogP contribution in [-0.4, -0.2) is 35.3 Å². The van der Waals surface area contributed by atoms with Crippen molar-refractivity contribution in [2.24, 2.45) is 12.5 Å². The third-order valence-corrected chi connectivity index (χ3v) is 3.60. The third kappa shape index (κ3) is 3.10. The van der Waals surface area contributed by atoms with Crippen molar-refractivity contribution >= 4 is 5.91 Å². The van der Waals surface area contributed by atoms with Crippen molar-refractivity contribution in [2.75, 3.05) is 19.6 Å². The molecule has 18 heavy (non-hydrogen) atoms. The molecule has 0 aromatic carbocycles. The summed E-state index contributed by atoms with van der Waals surface area (Å²) in [6.45, 7) is 4.53. The van der Waals surface area contributed by atoms with Crippen LogP contribution in [0.1, 0.15) is 25.3 Å². The van der Waals surface area contributed by atoms with E-state index in [0.717, 1.165) is 37.9 Å². The number of piperidine rings is 1. The van der Waals surface area contributed by atoms with E-state index in [4.69, 9.17) is 0 Å². The van der Waals surface area contributed by atoms with E-state index >= 15 is 0 Å². The highest BCUT2D eigenvalue weighted by Crippen LogP contribution is 2.25. The topological polar surface area (TPSA) is 59.0 Å². The Kier molecular flexibility index (Phi) is 4.01. The molecule has 1 saturated heterocycles. The van der Waals surface area contributed by atoms with E-state index in [2.05, 4.69) is 15.7 Å². The second-order valence-electron chi connectivity index (χ2n) is 5.37. The van der Waals surface area contributed by atoms with Crippen LogP contribution in [0, 0.1) is 5.41 Å². The van der Waals surface area contributed by atoms with Gasteiger partial charge >= 0.3 is 0 Å². The highest BCUT2D eigenvalue weighted by Gasteiger charge is 2.34. The predicted molar refractivity (Wildman–Crippen MR) is 70.1 cm³/mol. The van der Waals surface area contributed by atoms with Gasteiger partial charge in [0.15, 0.2) is 0 Å². The van der Waals surface area contributed by atoms with E-state index in [1.165, 1.54) is 0 Å². The first-order valence-corrected chi connectivity index (χ1v) is 6.57. The molecule has 1 aromatic heterocycles. The zero-order valence-corrected chi connectivity index (χ0v) is 11.2. The minimum absolute atomic E-state index is 0.165. The van der Waals surface area contributed by atoms with Crippen molar-refractivity contribution in [1.29, 1.82) is 0 Å². The standard InChI is InChI=1S/C13H22N4O/c1-13(5-3-6-14-10-13)12(18)15-7-4-11-8-16-17(2)9-11/h8-9,14H,3-7,10H2,1-2H3,(H,15,18). The molecule has 5 heteroatoms.